The van der Waals surface area contributed by atoms with Crippen molar-refractivity contribution in [1.82, 2.24) is 25.2 Å². The van der Waals surface area contributed by atoms with Gasteiger partial charge in [0.25, 0.3) is 11.8 Å². The Morgan fingerprint density at radius 1 is 1.15 bits per heavy atom. The summed E-state index contributed by atoms with van der Waals surface area (Å²) in [6.07, 6.45) is 4.59. The van der Waals surface area contributed by atoms with E-state index in [1.54, 1.807) is 0 Å². The first-order chi connectivity index (χ1) is 15.8. The highest BCUT2D eigenvalue weighted by molar-refractivity contribution is 6.14. The highest BCUT2D eigenvalue weighted by Gasteiger charge is 2.26. The second-order valence-corrected chi connectivity index (χ2v) is 7.45. The number of amides is 4. The maximum Gasteiger partial charge on any atom is 0.326 e. The lowest BCUT2D eigenvalue weighted by Crippen LogP contribution is -2.22. The van der Waals surface area contributed by atoms with Gasteiger partial charge in [-0.2, -0.15) is 9.61 Å². The van der Waals surface area contributed by atoms with E-state index >= 15 is 0 Å². The van der Waals surface area contributed by atoms with Gasteiger partial charge in [-0.1, -0.05) is 0 Å². The average Bonchev–Trinajstić information content (AvgIpc) is 3.39. The molecule has 1 aliphatic heterocycles. The summed E-state index contributed by atoms with van der Waals surface area (Å²) in [6.45, 7) is 0. The summed E-state index contributed by atoms with van der Waals surface area (Å²) in [5.41, 5.74) is -0.323. The fourth-order valence-corrected chi connectivity index (χ4v) is 3.23. The topological polar surface area (TPSA) is 130 Å². The molecule has 3 heterocycles. The van der Waals surface area contributed by atoms with Crippen molar-refractivity contribution in [3.05, 3.63) is 58.7 Å². The van der Waals surface area contributed by atoms with E-state index in [0.717, 1.165) is 12.8 Å². The number of rotatable bonds is 5. The van der Waals surface area contributed by atoms with Gasteiger partial charge in [0.15, 0.2) is 17.3 Å². The summed E-state index contributed by atoms with van der Waals surface area (Å²) in [7, 11) is 0. The fourth-order valence-electron chi connectivity index (χ4n) is 3.23. The zero-order valence-electron chi connectivity index (χ0n) is 16.6. The molecule has 1 aliphatic carbocycles. The van der Waals surface area contributed by atoms with Gasteiger partial charge < -0.3 is 16.0 Å². The van der Waals surface area contributed by atoms with Crippen molar-refractivity contribution in [2.45, 2.75) is 18.9 Å². The van der Waals surface area contributed by atoms with Crippen molar-refractivity contribution in [3.63, 3.8) is 0 Å². The summed E-state index contributed by atoms with van der Waals surface area (Å²) < 4.78 is 42.5. The summed E-state index contributed by atoms with van der Waals surface area (Å²) in [5, 5.41) is 14.2. The Morgan fingerprint density at radius 3 is 2.64 bits per heavy atom. The predicted molar refractivity (Wildman–Crippen MR) is 109 cm³/mol. The zero-order chi connectivity index (χ0) is 23.3. The molecule has 0 atom stereocenters. The molecule has 10 nitrogen and oxygen atoms in total. The first-order valence-electron chi connectivity index (χ1n) is 9.74. The molecule has 1 saturated heterocycles. The molecule has 2 aromatic heterocycles. The normalized spacial score (nSPS) is 16.8. The largest absolute Gasteiger partial charge is 0.367 e. The van der Waals surface area contributed by atoms with E-state index in [9.17, 15) is 27.6 Å². The van der Waals surface area contributed by atoms with Gasteiger partial charge in [-0.15, -0.1) is 0 Å². The molecule has 4 amide bonds. The van der Waals surface area contributed by atoms with Gasteiger partial charge in [0, 0.05) is 23.7 Å². The number of carbonyl (C=O) groups is 3. The molecule has 2 aliphatic rings. The van der Waals surface area contributed by atoms with E-state index in [2.05, 4.69) is 31.3 Å². The molecule has 4 N–H and O–H groups in total. The fraction of sp³-hybridized carbons (Fsp3) is 0.150. The third-order valence-corrected chi connectivity index (χ3v) is 4.93. The number of halogens is 3. The van der Waals surface area contributed by atoms with Gasteiger partial charge in [-0.05, 0) is 25.0 Å². The Labute approximate surface area is 182 Å². The molecule has 5 rings (SSSR count). The van der Waals surface area contributed by atoms with Crippen LogP contribution in [0.25, 0.3) is 11.7 Å². The highest BCUT2D eigenvalue weighted by atomic mass is 19.2. The Morgan fingerprint density at radius 2 is 1.94 bits per heavy atom. The van der Waals surface area contributed by atoms with E-state index in [0.29, 0.717) is 23.5 Å². The van der Waals surface area contributed by atoms with Crippen molar-refractivity contribution in [1.29, 1.82) is 0 Å². The van der Waals surface area contributed by atoms with Gasteiger partial charge >= 0.3 is 6.03 Å². The third-order valence-electron chi connectivity index (χ3n) is 4.93. The Kier molecular flexibility index (Phi) is 4.73. The number of nitrogens with zero attached hydrogens (tertiary/aromatic N) is 3. The lowest BCUT2D eigenvalue weighted by atomic mass is 10.2. The third kappa shape index (κ3) is 3.95. The number of hydrogen-bond acceptors (Lipinski definition) is 6. The van der Waals surface area contributed by atoms with Crippen molar-refractivity contribution in [2.75, 3.05) is 10.6 Å². The number of urea groups is 1. The van der Waals surface area contributed by atoms with Gasteiger partial charge in [-0.3, -0.25) is 14.9 Å². The molecule has 0 radical (unpaired) electrons. The van der Waals surface area contributed by atoms with Crippen molar-refractivity contribution in [2.24, 2.45) is 0 Å². The second-order valence-electron chi connectivity index (χ2n) is 7.45. The molecule has 0 unspecified atom stereocenters. The summed E-state index contributed by atoms with van der Waals surface area (Å²) >= 11 is 0. The highest BCUT2D eigenvalue weighted by Crippen LogP contribution is 2.28. The Balaban J connectivity index is 1.55. The number of hydrogen-bond donors (Lipinski definition) is 4. The van der Waals surface area contributed by atoms with E-state index in [1.165, 1.54) is 22.9 Å². The minimum absolute atomic E-state index is 0.0276. The predicted octanol–water partition coefficient (Wildman–Crippen LogP) is 2.15. The van der Waals surface area contributed by atoms with E-state index in [-0.39, 0.29) is 23.2 Å². The number of aromatic nitrogens is 3. The minimum Gasteiger partial charge on any atom is -0.367 e. The number of nitrogens with one attached hydrogen (secondary N) is 4. The SMILES string of the molecule is O=C1NC(=O)/C(=C/c2cnn3c(NC4CC4)cc(NC(=O)c4cc(F)cc(F)c4F)nc23)N1. The van der Waals surface area contributed by atoms with Crippen LogP contribution < -0.4 is 21.3 Å². The molecule has 2 fully saturated rings. The van der Waals surface area contributed by atoms with Crippen LogP contribution in [-0.4, -0.2) is 38.5 Å². The van der Waals surface area contributed by atoms with Gasteiger partial charge in [0.05, 0.1) is 11.8 Å². The molecular formula is C20H14F3N7O3. The van der Waals surface area contributed by atoms with Crippen LogP contribution in [0, 0.1) is 17.5 Å². The number of carbonyl (C=O) groups excluding carboxylic acids is 3. The Hall–Kier alpha value is -4.42. The van der Waals surface area contributed by atoms with Gasteiger partial charge in [0.2, 0.25) is 0 Å². The van der Waals surface area contributed by atoms with Crippen LogP contribution in [0.3, 0.4) is 0 Å². The quantitative estimate of drug-likeness (QED) is 0.264. The van der Waals surface area contributed by atoms with Crippen LogP contribution in [0.4, 0.5) is 29.6 Å². The van der Waals surface area contributed by atoms with Crippen LogP contribution in [0.2, 0.25) is 0 Å². The smallest absolute Gasteiger partial charge is 0.326 e. The van der Waals surface area contributed by atoms with E-state index in [1.807, 2.05) is 0 Å². The number of anilines is 2. The van der Waals surface area contributed by atoms with Crippen molar-refractivity contribution < 1.29 is 27.6 Å². The first kappa shape index (κ1) is 20.5. The first-order valence-corrected chi connectivity index (χ1v) is 9.74. The van der Waals surface area contributed by atoms with Crippen LogP contribution in [-0.2, 0) is 4.79 Å². The summed E-state index contributed by atoms with van der Waals surface area (Å²) in [4.78, 5) is 40.0. The maximum absolute atomic E-state index is 14.0. The maximum atomic E-state index is 14.0. The van der Waals surface area contributed by atoms with Crippen LogP contribution >= 0.6 is 0 Å². The zero-order valence-corrected chi connectivity index (χ0v) is 16.6. The number of fused-ring (bicyclic) bond motifs is 1. The van der Waals surface area contributed by atoms with Gasteiger partial charge in [-0.25, -0.2) is 22.9 Å². The molecule has 168 valence electrons. The number of benzene rings is 1. The molecule has 0 bridgehead atoms. The van der Waals surface area contributed by atoms with E-state index < -0.39 is 40.9 Å². The summed E-state index contributed by atoms with van der Waals surface area (Å²) in [5.74, 6) is -5.47. The minimum atomic E-state index is -1.50. The summed E-state index contributed by atoms with van der Waals surface area (Å²) in [6, 6.07) is 1.85. The molecule has 0 spiro atoms. The van der Waals surface area contributed by atoms with E-state index in [4.69, 9.17) is 0 Å². The van der Waals surface area contributed by atoms with Crippen molar-refractivity contribution >= 4 is 41.2 Å². The Bertz CT molecular complexity index is 1380. The molecule has 1 saturated carbocycles. The molecule has 13 heteroatoms. The molecule has 3 aromatic rings. The monoisotopic (exact) mass is 457 g/mol. The molecule has 1 aromatic carbocycles. The second kappa shape index (κ2) is 7.62. The van der Waals surface area contributed by atoms with Gasteiger partial charge in [0.1, 0.15) is 23.1 Å². The molecular weight excluding hydrogens is 443 g/mol. The van der Waals surface area contributed by atoms with Crippen LogP contribution in [0.1, 0.15) is 28.8 Å². The average molecular weight is 457 g/mol. The lowest BCUT2D eigenvalue weighted by Gasteiger charge is -2.11. The lowest BCUT2D eigenvalue weighted by molar-refractivity contribution is -0.115. The standard InChI is InChI=1S/C20H14F3N7O3/c21-9-4-11(16(23)12(22)5-9)18(31)28-14-6-15(25-10-1-2-10)30-17(27-14)8(7-24-30)3-13-19(32)29-20(33)26-13/h3-7,10,25H,1-2H2,(H,27,28,31)(H2,26,29,32,33)/b13-3-. The van der Waals surface area contributed by atoms with Crippen LogP contribution in [0.5, 0.6) is 0 Å². The van der Waals surface area contributed by atoms with Crippen LogP contribution in [0.15, 0.2) is 30.1 Å². The van der Waals surface area contributed by atoms with Crippen molar-refractivity contribution in [3.8, 4) is 0 Å². The molecule has 33 heavy (non-hydrogen) atoms. The number of imide groups is 1.